The minimum Gasteiger partial charge on any atom is -0.450 e. The molecule has 0 atom stereocenters. The summed E-state index contributed by atoms with van der Waals surface area (Å²) in [6.07, 6.45) is -0.359. The van der Waals surface area contributed by atoms with Gasteiger partial charge in [-0.3, -0.25) is 9.59 Å². The molecule has 0 radical (unpaired) electrons. The van der Waals surface area contributed by atoms with Crippen LogP contribution in [0, 0.1) is 5.41 Å². The Hall–Kier alpha value is -2.57. The largest absolute Gasteiger partial charge is 0.450 e. The average Bonchev–Trinajstić information content (AvgIpc) is 2.67. The number of nitrogens with zero attached hydrogens (tertiary/aromatic N) is 3. The molecule has 1 aromatic carbocycles. The maximum atomic E-state index is 13.0. The third-order valence-corrected chi connectivity index (χ3v) is 4.77. The van der Waals surface area contributed by atoms with Crippen LogP contribution in [0.15, 0.2) is 30.3 Å². The topological polar surface area (TPSA) is 70.2 Å². The number of benzene rings is 1. The van der Waals surface area contributed by atoms with Crippen LogP contribution in [0.2, 0.25) is 0 Å². The molecule has 2 rings (SSSR count). The van der Waals surface area contributed by atoms with Crippen molar-refractivity contribution in [2.75, 3.05) is 39.8 Å². The molecule has 1 aromatic rings. The van der Waals surface area contributed by atoms with E-state index in [2.05, 4.69) is 0 Å². The summed E-state index contributed by atoms with van der Waals surface area (Å²) in [7, 11) is 1.71. The Labute approximate surface area is 160 Å². The molecule has 0 spiro atoms. The zero-order valence-corrected chi connectivity index (χ0v) is 16.6. The van der Waals surface area contributed by atoms with Gasteiger partial charge in [0.1, 0.15) is 5.41 Å². The zero-order valence-electron chi connectivity index (χ0n) is 16.6. The van der Waals surface area contributed by atoms with Gasteiger partial charge in [0.15, 0.2) is 0 Å². The second-order valence-electron chi connectivity index (χ2n) is 7.25. The summed E-state index contributed by atoms with van der Waals surface area (Å²) in [6, 6.07) is 9.68. The van der Waals surface area contributed by atoms with Gasteiger partial charge in [-0.25, -0.2) is 4.79 Å². The summed E-state index contributed by atoms with van der Waals surface area (Å²) < 4.78 is 4.99. The second-order valence-corrected chi connectivity index (χ2v) is 7.25. The van der Waals surface area contributed by atoms with E-state index < -0.39 is 5.41 Å². The lowest BCUT2D eigenvalue weighted by Crippen LogP contribution is -2.56. The lowest BCUT2D eigenvalue weighted by atomic mass is 9.89. The molecular formula is C20H29N3O4. The van der Waals surface area contributed by atoms with Gasteiger partial charge >= 0.3 is 6.09 Å². The highest BCUT2D eigenvalue weighted by atomic mass is 16.6. The third kappa shape index (κ3) is 4.99. The Morgan fingerprint density at radius 2 is 1.59 bits per heavy atom. The lowest BCUT2D eigenvalue weighted by Gasteiger charge is -2.38. The summed E-state index contributed by atoms with van der Waals surface area (Å²) in [6.45, 7) is 7.49. The van der Waals surface area contributed by atoms with E-state index in [0.29, 0.717) is 39.3 Å². The fraction of sp³-hybridized carbons (Fsp3) is 0.550. The standard InChI is InChI=1S/C20H29N3O4/c1-5-27-19(26)23-13-11-22(12-14-23)18(25)20(2,3)17(24)21(4)15-16-9-7-6-8-10-16/h6-10H,5,11-15H2,1-4H3. The van der Waals surface area contributed by atoms with Crippen LogP contribution in [0.5, 0.6) is 0 Å². The van der Waals surface area contributed by atoms with Gasteiger partial charge in [0.05, 0.1) is 6.61 Å². The molecule has 0 bridgehead atoms. The fourth-order valence-corrected chi connectivity index (χ4v) is 3.20. The molecule has 1 heterocycles. The van der Waals surface area contributed by atoms with Gasteiger partial charge in [-0.1, -0.05) is 30.3 Å². The van der Waals surface area contributed by atoms with E-state index in [1.165, 1.54) is 0 Å². The van der Waals surface area contributed by atoms with Crippen LogP contribution in [0.25, 0.3) is 0 Å². The van der Waals surface area contributed by atoms with Gasteiger partial charge < -0.3 is 19.4 Å². The summed E-state index contributed by atoms with van der Waals surface area (Å²) in [4.78, 5) is 42.5. The van der Waals surface area contributed by atoms with Crippen LogP contribution in [0.1, 0.15) is 26.3 Å². The van der Waals surface area contributed by atoms with Gasteiger partial charge in [0, 0.05) is 39.8 Å². The van der Waals surface area contributed by atoms with Crippen LogP contribution >= 0.6 is 0 Å². The van der Waals surface area contributed by atoms with Gasteiger partial charge in [-0.05, 0) is 26.3 Å². The Morgan fingerprint density at radius 1 is 1.04 bits per heavy atom. The van der Waals surface area contributed by atoms with Crippen molar-refractivity contribution >= 4 is 17.9 Å². The summed E-state index contributed by atoms with van der Waals surface area (Å²) in [5, 5.41) is 0. The molecule has 1 aliphatic heterocycles. The summed E-state index contributed by atoms with van der Waals surface area (Å²) in [5.41, 5.74) is -0.144. The molecular weight excluding hydrogens is 346 g/mol. The number of amides is 3. The van der Waals surface area contributed by atoms with E-state index in [1.807, 2.05) is 30.3 Å². The van der Waals surface area contributed by atoms with Crippen molar-refractivity contribution in [3.63, 3.8) is 0 Å². The van der Waals surface area contributed by atoms with Crippen LogP contribution in [0.4, 0.5) is 4.79 Å². The van der Waals surface area contributed by atoms with Crippen molar-refractivity contribution in [1.29, 1.82) is 0 Å². The first-order valence-electron chi connectivity index (χ1n) is 9.28. The number of ether oxygens (including phenoxy) is 1. The van der Waals surface area contributed by atoms with Crippen molar-refractivity contribution in [3.8, 4) is 0 Å². The van der Waals surface area contributed by atoms with Crippen LogP contribution < -0.4 is 0 Å². The Morgan fingerprint density at radius 3 is 2.15 bits per heavy atom. The van der Waals surface area contributed by atoms with Crippen LogP contribution in [0.3, 0.4) is 0 Å². The predicted molar refractivity (Wildman–Crippen MR) is 102 cm³/mol. The van der Waals surface area contributed by atoms with E-state index in [9.17, 15) is 14.4 Å². The van der Waals surface area contributed by atoms with E-state index >= 15 is 0 Å². The maximum absolute atomic E-state index is 13.0. The Kier molecular flexibility index (Phi) is 6.82. The van der Waals surface area contributed by atoms with Crippen molar-refractivity contribution in [3.05, 3.63) is 35.9 Å². The molecule has 148 valence electrons. The molecule has 1 aliphatic rings. The molecule has 0 aromatic heterocycles. The lowest BCUT2D eigenvalue weighted by molar-refractivity contribution is -0.154. The second kappa shape index (κ2) is 8.88. The third-order valence-electron chi connectivity index (χ3n) is 4.77. The van der Waals surface area contributed by atoms with Crippen LogP contribution in [-0.2, 0) is 20.9 Å². The molecule has 0 aliphatic carbocycles. The first-order chi connectivity index (χ1) is 12.8. The minimum atomic E-state index is -1.16. The molecule has 0 unspecified atom stereocenters. The van der Waals surface area contributed by atoms with Crippen molar-refractivity contribution in [2.24, 2.45) is 5.41 Å². The van der Waals surface area contributed by atoms with E-state index in [4.69, 9.17) is 4.74 Å². The quantitative estimate of drug-likeness (QED) is 0.738. The molecule has 1 fully saturated rings. The Balaban J connectivity index is 1.96. The van der Waals surface area contributed by atoms with Crippen molar-refractivity contribution < 1.29 is 19.1 Å². The first-order valence-corrected chi connectivity index (χ1v) is 9.28. The molecule has 1 saturated heterocycles. The van der Waals surface area contributed by atoms with E-state index in [-0.39, 0.29) is 17.9 Å². The number of hydrogen-bond acceptors (Lipinski definition) is 4. The van der Waals surface area contributed by atoms with Gasteiger partial charge in [0.25, 0.3) is 0 Å². The highest BCUT2D eigenvalue weighted by Crippen LogP contribution is 2.24. The predicted octanol–water partition coefficient (Wildman–Crippen LogP) is 1.97. The maximum Gasteiger partial charge on any atom is 0.409 e. The van der Waals surface area contributed by atoms with E-state index in [0.717, 1.165) is 5.56 Å². The normalized spacial score (nSPS) is 14.7. The van der Waals surface area contributed by atoms with Gasteiger partial charge in [0.2, 0.25) is 11.8 Å². The summed E-state index contributed by atoms with van der Waals surface area (Å²) >= 11 is 0. The average molecular weight is 375 g/mol. The molecule has 0 N–H and O–H groups in total. The number of carbonyl (C=O) groups excluding carboxylic acids is 3. The number of hydrogen-bond donors (Lipinski definition) is 0. The molecule has 7 nitrogen and oxygen atoms in total. The Bertz CT molecular complexity index is 667. The van der Waals surface area contributed by atoms with Gasteiger partial charge in [-0.15, -0.1) is 0 Å². The highest BCUT2D eigenvalue weighted by molar-refractivity contribution is 6.04. The van der Waals surface area contributed by atoms with Gasteiger partial charge in [-0.2, -0.15) is 0 Å². The smallest absolute Gasteiger partial charge is 0.409 e. The SMILES string of the molecule is CCOC(=O)N1CCN(C(=O)C(C)(C)C(=O)N(C)Cc2ccccc2)CC1. The fourth-order valence-electron chi connectivity index (χ4n) is 3.20. The first kappa shape index (κ1) is 20.7. The number of piperazine rings is 1. The van der Waals surface area contributed by atoms with Crippen LogP contribution in [-0.4, -0.2) is 72.4 Å². The van der Waals surface area contributed by atoms with Crippen molar-refractivity contribution in [2.45, 2.75) is 27.3 Å². The highest BCUT2D eigenvalue weighted by Gasteiger charge is 2.42. The molecule has 7 heteroatoms. The van der Waals surface area contributed by atoms with Crippen molar-refractivity contribution in [1.82, 2.24) is 14.7 Å². The molecule has 3 amide bonds. The minimum absolute atomic E-state index is 0.212. The van der Waals surface area contributed by atoms with E-state index in [1.54, 1.807) is 42.5 Å². The molecule has 0 saturated carbocycles. The number of carbonyl (C=O) groups is 3. The monoisotopic (exact) mass is 375 g/mol. The summed E-state index contributed by atoms with van der Waals surface area (Å²) in [5.74, 6) is -0.430. The molecule has 27 heavy (non-hydrogen) atoms. The number of rotatable bonds is 5. The zero-order chi connectivity index (χ0) is 20.0.